The normalized spacial score (nSPS) is 19.2. The van der Waals surface area contributed by atoms with Crippen LogP contribution in [0, 0.1) is 0 Å². The fraction of sp³-hybridized carbons (Fsp3) is 0.471. The van der Waals surface area contributed by atoms with Crippen LogP contribution in [0.1, 0.15) is 36.5 Å². The molecule has 2 fully saturated rings. The minimum absolute atomic E-state index is 0.0712. The predicted molar refractivity (Wildman–Crippen MR) is 96.8 cm³/mol. The summed E-state index contributed by atoms with van der Waals surface area (Å²) in [6, 6.07) is 5.51. The lowest BCUT2D eigenvalue weighted by Gasteiger charge is -2.18. The van der Waals surface area contributed by atoms with Crippen LogP contribution >= 0.6 is 0 Å². The third-order valence-electron chi connectivity index (χ3n) is 4.27. The standard InChI is InChI=1S/C17H21N3O6S/c1-11(15(21)19-17(23)18-13-6-7-13)26-16(22)12-4-2-5-14(10-12)20-8-3-9-27(20,24)25/h2,4-5,10-11,13H,3,6-9H2,1H3,(H2,18,19,21,23). The van der Waals surface area contributed by atoms with Gasteiger partial charge in [0.25, 0.3) is 5.91 Å². The van der Waals surface area contributed by atoms with Crippen molar-refractivity contribution >= 4 is 33.6 Å². The van der Waals surface area contributed by atoms with Crippen molar-refractivity contribution < 1.29 is 27.5 Å². The lowest BCUT2D eigenvalue weighted by Crippen LogP contribution is -2.45. The summed E-state index contributed by atoms with van der Waals surface area (Å²) in [6.07, 6.45) is 1.11. The average Bonchev–Trinajstić information content (AvgIpc) is 3.34. The van der Waals surface area contributed by atoms with Gasteiger partial charge in [0, 0.05) is 12.6 Å². The topological polar surface area (TPSA) is 122 Å². The first-order valence-corrected chi connectivity index (χ1v) is 10.3. The van der Waals surface area contributed by atoms with E-state index < -0.39 is 34.0 Å². The van der Waals surface area contributed by atoms with E-state index in [1.807, 2.05) is 0 Å². The molecule has 1 heterocycles. The minimum atomic E-state index is -3.36. The lowest BCUT2D eigenvalue weighted by molar-refractivity contribution is -0.127. The number of sulfonamides is 1. The van der Waals surface area contributed by atoms with E-state index in [-0.39, 0.29) is 17.4 Å². The van der Waals surface area contributed by atoms with Gasteiger partial charge in [0.15, 0.2) is 6.10 Å². The van der Waals surface area contributed by atoms with Crippen molar-refractivity contribution in [3.63, 3.8) is 0 Å². The first-order chi connectivity index (χ1) is 12.8. The molecule has 2 aliphatic rings. The summed E-state index contributed by atoms with van der Waals surface area (Å²) in [5.41, 5.74) is 0.500. The number of rotatable bonds is 5. The molecule has 0 radical (unpaired) electrons. The van der Waals surface area contributed by atoms with Crippen molar-refractivity contribution in [3.05, 3.63) is 29.8 Å². The zero-order valence-electron chi connectivity index (χ0n) is 14.8. The van der Waals surface area contributed by atoms with E-state index in [1.165, 1.54) is 23.4 Å². The van der Waals surface area contributed by atoms with Gasteiger partial charge in [-0.15, -0.1) is 0 Å². The number of anilines is 1. The van der Waals surface area contributed by atoms with Crippen LogP contribution in [-0.2, 0) is 19.6 Å². The molecule has 3 amide bonds. The fourth-order valence-corrected chi connectivity index (χ4v) is 4.22. The largest absolute Gasteiger partial charge is 0.449 e. The molecule has 27 heavy (non-hydrogen) atoms. The quantitative estimate of drug-likeness (QED) is 0.710. The molecule has 10 heteroatoms. The van der Waals surface area contributed by atoms with E-state index in [2.05, 4.69) is 10.6 Å². The zero-order valence-corrected chi connectivity index (χ0v) is 15.6. The Balaban J connectivity index is 1.61. The molecule has 146 valence electrons. The Hall–Kier alpha value is -2.62. The van der Waals surface area contributed by atoms with Gasteiger partial charge in [0.2, 0.25) is 10.0 Å². The molecule has 1 aromatic rings. The number of urea groups is 1. The van der Waals surface area contributed by atoms with Crippen molar-refractivity contribution in [1.82, 2.24) is 10.6 Å². The molecule has 0 aromatic heterocycles. The molecule has 3 rings (SSSR count). The van der Waals surface area contributed by atoms with Crippen LogP contribution in [0.5, 0.6) is 0 Å². The third kappa shape index (κ3) is 4.76. The summed E-state index contributed by atoms with van der Waals surface area (Å²) in [6.45, 7) is 1.71. The minimum Gasteiger partial charge on any atom is -0.449 e. The van der Waals surface area contributed by atoms with Gasteiger partial charge in [-0.25, -0.2) is 18.0 Å². The Labute approximate surface area is 157 Å². The monoisotopic (exact) mass is 395 g/mol. The number of carbonyl (C=O) groups excluding carboxylic acids is 3. The Bertz CT molecular complexity index is 865. The summed E-state index contributed by atoms with van der Waals surface area (Å²) < 4.78 is 30.4. The molecule has 0 bridgehead atoms. The van der Waals surface area contributed by atoms with Gasteiger partial charge in [-0.2, -0.15) is 0 Å². The van der Waals surface area contributed by atoms with Crippen LogP contribution in [0.15, 0.2) is 24.3 Å². The van der Waals surface area contributed by atoms with Crippen LogP contribution in [0.25, 0.3) is 0 Å². The number of nitrogens with one attached hydrogen (secondary N) is 2. The van der Waals surface area contributed by atoms with E-state index in [9.17, 15) is 22.8 Å². The molecular weight excluding hydrogens is 374 g/mol. The van der Waals surface area contributed by atoms with E-state index in [0.29, 0.717) is 18.7 Å². The highest BCUT2D eigenvalue weighted by Crippen LogP contribution is 2.25. The van der Waals surface area contributed by atoms with Gasteiger partial charge < -0.3 is 10.1 Å². The Morgan fingerprint density at radius 3 is 2.63 bits per heavy atom. The zero-order chi connectivity index (χ0) is 19.6. The average molecular weight is 395 g/mol. The molecule has 0 spiro atoms. The highest BCUT2D eigenvalue weighted by Gasteiger charge is 2.29. The van der Waals surface area contributed by atoms with Gasteiger partial charge in [-0.3, -0.25) is 14.4 Å². The highest BCUT2D eigenvalue weighted by atomic mass is 32.2. The number of nitrogens with zero attached hydrogens (tertiary/aromatic N) is 1. The number of esters is 1. The summed E-state index contributed by atoms with van der Waals surface area (Å²) >= 11 is 0. The lowest BCUT2D eigenvalue weighted by atomic mass is 10.2. The first kappa shape index (κ1) is 19.2. The van der Waals surface area contributed by atoms with Crippen LogP contribution < -0.4 is 14.9 Å². The van der Waals surface area contributed by atoms with Crippen molar-refractivity contribution in [2.45, 2.75) is 38.3 Å². The molecule has 2 N–H and O–H groups in total. The maximum absolute atomic E-state index is 12.3. The van der Waals surface area contributed by atoms with Crippen molar-refractivity contribution in [2.75, 3.05) is 16.6 Å². The molecule has 1 saturated carbocycles. The van der Waals surface area contributed by atoms with Crippen molar-refractivity contribution in [2.24, 2.45) is 0 Å². The second-order valence-corrected chi connectivity index (χ2v) is 8.59. The summed E-state index contributed by atoms with van der Waals surface area (Å²) in [4.78, 5) is 35.8. The number of hydrogen-bond donors (Lipinski definition) is 2. The maximum Gasteiger partial charge on any atom is 0.338 e. The van der Waals surface area contributed by atoms with Gasteiger partial charge in [0.1, 0.15) is 0 Å². The van der Waals surface area contributed by atoms with Crippen LogP contribution in [0.3, 0.4) is 0 Å². The van der Waals surface area contributed by atoms with Gasteiger partial charge in [-0.1, -0.05) is 6.07 Å². The molecule has 1 saturated heterocycles. The summed E-state index contributed by atoms with van der Waals surface area (Å²) in [5.74, 6) is -1.44. The van der Waals surface area contributed by atoms with E-state index >= 15 is 0 Å². The molecule has 9 nitrogen and oxygen atoms in total. The van der Waals surface area contributed by atoms with E-state index in [4.69, 9.17) is 4.74 Å². The van der Waals surface area contributed by atoms with Crippen LogP contribution in [0.4, 0.5) is 10.5 Å². The van der Waals surface area contributed by atoms with Gasteiger partial charge in [-0.05, 0) is 44.4 Å². The molecule has 1 aliphatic heterocycles. The number of amides is 3. The SMILES string of the molecule is CC(OC(=O)c1cccc(N2CCCS2(=O)=O)c1)C(=O)NC(=O)NC1CC1. The van der Waals surface area contributed by atoms with Crippen molar-refractivity contribution in [1.29, 1.82) is 0 Å². The number of carbonyl (C=O) groups is 3. The van der Waals surface area contributed by atoms with Crippen LogP contribution in [0.2, 0.25) is 0 Å². The summed E-state index contributed by atoms with van der Waals surface area (Å²) in [5, 5.41) is 4.72. The molecule has 1 atom stereocenters. The third-order valence-corrected chi connectivity index (χ3v) is 6.14. The smallest absolute Gasteiger partial charge is 0.338 e. The second kappa shape index (κ2) is 7.55. The molecular formula is C17H21N3O6S. The Morgan fingerprint density at radius 2 is 2.00 bits per heavy atom. The molecule has 1 unspecified atom stereocenters. The number of ether oxygens (including phenoxy) is 1. The van der Waals surface area contributed by atoms with E-state index in [1.54, 1.807) is 12.1 Å². The highest BCUT2D eigenvalue weighted by molar-refractivity contribution is 7.93. The number of benzene rings is 1. The van der Waals surface area contributed by atoms with E-state index in [0.717, 1.165) is 12.8 Å². The fourth-order valence-electron chi connectivity index (χ4n) is 2.66. The molecule has 1 aliphatic carbocycles. The molecule has 1 aromatic carbocycles. The summed E-state index contributed by atoms with van der Waals surface area (Å²) in [7, 11) is -3.36. The Kier molecular flexibility index (Phi) is 5.36. The van der Waals surface area contributed by atoms with Gasteiger partial charge in [0.05, 0.1) is 17.0 Å². The number of imide groups is 1. The van der Waals surface area contributed by atoms with Gasteiger partial charge >= 0.3 is 12.0 Å². The maximum atomic E-state index is 12.3. The van der Waals surface area contributed by atoms with Crippen molar-refractivity contribution in [3.8, 4) is 0 Å². The van der Waals surface area contributed by atoms with Crippen LogP contribution in [-0.4, -0.2) is 50.8 Å². The number of hydrogen-bond acceptors (Lipinski definition) is 6. The Morgan fingerprint density at radius 1 is 1.26 bits per heavy atom. The second-order valence-electron chi connectivity index (χ2n) is 6.58. The predicted octanol–water partition coefficient (Wildman–Crippen LogP) is 0.760. The first-order valence-electron chi connectivity index (χ1n) is 8.69.